The molecule has 2 aromatic carbocycles. The molecule has 3 aromatic rings. The average Bonchev–Trinajstić information content (AvgIpc) is 3.37. The van der Waals surface area contributed by atoms with Crippen LogP contribution in [0, 0.1) is 0 Å². The summed E-state index contributed by atoms with van der Waals surface area (Å²) in [7, 11) is 0. The van der Waals surface area contributed by atoms with Gasteiger partial charge in [-0.1, -0.05) is 30.3 Å². The molecule has 8 nitrogen and oxygen atoms in total. The molecular weight excluding hydrogens is 476 g/mol. The number of aliphatic hydroxyl groups excluding tert-OH is 2. The molecule has 0 amide bonds. The highest BCUT2D eigenvalue weighted by Gasteiger charge is 2.28. The number of hydrogen-bond donors (Lipinski definition) is 5. The lowest BCUT2D eigenvalue weighted by Crippen LogP contribution is -2.47. The Morgan fingerprint density at radius 1 is 1.17 bits per heavy atom. The van der Waals surface area contributed by atoms with Crippen LogP contribution >= 0.6 is 11.3 Å². The Kier molecular flexibility index (Phi) is 7.72. The summed E-state index contributed by atoms with van der Waals surface area (Å²) in [5.74, 6) is 1.61. The van der Waals surface area contributed by atoms with Crippen LogP contribution in [-0.4, -0.2) is 71.1 Å². The number of amidine groups is 1. The molecule has 0 radical (unpaired) electrons. The highest BCUT2D eigenvalue weighted by Crippen LogP contribution is 2.38. The number of likely N-dealkylation sites (tertiary alicyclic amines) is 1. The van der Waals surface area contributed by atoms with Gasteiger partial charge in [-0.15, -0.1) is 11.3 Å². The Bertz CT molecular complexity index is 1190. The number of fused-ring (bicyclic) bond motifs is 1. The molecule has 0 bridgehead atoms. The van der Waals surface area contributed by atoms with Crippen LogP contribution in [0.15, 0.2) is 58.9 Å². The minimum absolute atomic E-state index is 0.0281. The van der Waals surface area contributed by atoms with Crippen LogP contribution in [0.2, 0.25) is 0 Å². The van der Waals surface area contributed by atoms with Crippen LogP contribution in [-0.2, 0) is 6.61 Å². The topological polar surface area (TPSA) is 110 Å². The molecule has 1 saturated heterocycles. The number of ether oxygens (including phenoxy) is 1. The maximum atomic E-state index is 10.4. The van der Waals surface area contributed by atoms with Gasteiger partial charge in [0, 0.05) is 42.2 Å². The van der Waals surface area contributed by atoms with Gasteiger partial charge in [0.25, 0.3) is 0 Å². The van der Waals surface area contributed by atoms with Crippen molar-refractivity contribution in [3.63, 3.8) is 0 Å². The monoisotopic (exact) mass is 508 g/mol. The first-order chi connectivity index (χ1) is 17.6. The molecule has 9 heteroatoms. The molecule has 5 N–H and O–H groups in total. The number of aliphatic hydroxyl groups is 2. The second kappa shape index (κ2) is 11.3. The fourth-order valence-electron chi connectivity index (χ4n) is 4.69. The van der Waals surface area contributed by atoms with Gasteiger partial charge in [-0.3, -0.25) is 0 Å². The van der Waals surface area contributed by atoms with Crippen molar-refractivity contribution in [3.05, 3.63) is 65.0 Å². The summed E-state index contributed by atoms with van der Waals surface area (Å²) in [5.41, 5.74) is 4.04. The third kappa shape index (κ3) is 5.49. The first-order valence-electron chi connectivity index (χ1n) is 12.3. The molecule has 190 valence electrons. The van der Waals surface area contributed by atoms with E-state index in [1.54, 1.807) is 23.5 Å². The number of benzene rings is 2. The first-order valence-corrected chi connectivity index (χ1v) is 13.2. The van der Waals surface area contributed by atoms with Gasteiger partial charge in [0.15, 0.2) is 0 Å². The number of nitrogens with zero attached hydrogens (tertiary/aromatic N) is 2. The van der Waals surface area contributed by atoms with Crippen molar-refractivity contribution in [2.24, 2.45) is 4.99 Å². The molecular formula is C27H32N4O4S. The Labute approximate surface area is 214 Å². The lowest BCUT2D eigenvalue weighted by molar-refractivity contribution is 0.100. The minimum Gasteiger partial charge on any atom is -0.508 e. The Morgan fingerprint density at radius 2 is 1.97 bits per heavy atom. The van der Waals surface area contributed by atoms with Crippen molar-refractivity contribution in [1.29, 1.82) is 0 Å². The molecule has 1 fully saturated rings. The van der Waals surface area contributed by atoms with E-state index < -0.39 is 6.10 Å². The molecule has 2 aliphatic rings. The molecule has 1 aromatic heterocycles. The summed E-state index contributed by atoms with van der Waals surface area (Å²) in [6.07, 6.45) is 1.28. The molecule has 2 aliphatic heterocycles. The van der Waals surface area contributed by atoms with Gasteiger partial charge in [-0.2, -0.15) is 0 Å². The quantitative estimate of drug-likeness (QED) is 0.318. The fraction of sp³-hybridized carbons (Fsp3) is 0.370. The standard InChI is InChI=1S/C27H32N4O4S/c32-14-19-12-22(6-7-24(19)34)35-15-21(33)13-28-20-8-10-31(11-9-20)26-25-23(18-4-2-1-3-5-18)16-36-27(25)30-17-29-26/h1-7,12,16,20-21,28,30,32-34H,8-11,13-15,17H2. The van der Waals surface area contributed by atoms with Gasteiger partial charge in [0.2, 0.25) is 0 Å². The Balaban J connectivity index is 1.12. The van der Waals surface area contributed by atoms with Crippen molar-refractivity contribution in [3.8, 4) is 22.6 Å². The summed E-state index contributed by atoms with van der Waals surface area (Å²) in [6.45, 7) is 2.72. The second-order valence-electron chi connectivity index (χ2n) is 9.12. The van der Waals surface area contributed by atoms with Gasteiger partial charge < -0.3 is 35.6 Å². The van der Waals surface area contributed by atoms with Crippen molar-refractivity contribution >= 4 is 22.2 Å². The Hall–Kier alpha value is -3.11. The van der Waals surface area contributed by atoms with E-state index in [1.165, 1.54) is 27.8 Å². The molecule has 3 heterocycles. The third-order valence-electron chi connectivity index (χ3n) is 6.67. The minimum atomic E-state index is -0.662. The number of piperidine rings is 1. The first kappa shape index (κ1) is 24.6. The van der Waals surface area contributed by atoms with E-state index in [2.05, 4.69) is 45.2 Å². The zero-order valence-electron chi connectivity index (χ0n) is 20.1. The molecule has 1 unspecified atom stereocenters. The number of nitrogens with one attached hydrogen (secondary N) is 2. The highest BCUT2D eigenvalue weighted by molar-refractivity contribution is 7.15. The zero-order valence-corrected chi connectivity index (χ0v) is 20.9. The van der Waals surface area contributed by atoms with Crippen LogP contribution in [0.4, 0.5) is 5.00 Å². The molecule has 0 aliphatic carbocycles. The van der Waals surface area contributed by atoms with E-state index in [1.807, 2.05) is 6.07 Å². The van der Waals surface area contributed by atoms with Crippen molar-refractivity contribution in [1.82, 2.24) is 10.2 Å². The highest BCUT2D eigenvalue weighted by atomic mass is 32.1. The van der Waals surface area contributed by atoms with Crippen LogP contribution in [0.1, 0.15) is 24.0 Å². The van der Waals surface area contributed by atoms with Gasteiger partial charge >= 0.3 is 0 Å². The predicted molar refractivity (Wildman–Crippen MR) is 143 cm³/mol. The normalized spacial score (nSPS) is 16.7. The van der Waals surface area contributed by atoms with Crippen molar-refractivity contribution in [2.75, 3.05) is 38.2 Å². The van der Waals surface area contributed by atoms with E-state index in [0.29, 0.717) is 30.6 Å². The van der Waals surface area contributed by atoms with E-state index in [-0.39, 0.29) is 19.0 Å². The number of rotatable bonds is 8. The lowest BCUT2D eigenvalue weighted by atomic mass is 9.99. The van der Waals surface area contributed by atoms with Crippen LogP contribution < -0.4 is 15.4 Å². The maximum Gasteiger partial charge on any atom is 0.136 e. The number of aliphatic imine (C=N–C) groups is 1. The maximum absolute atomic E-state index is 10.4. The predicted octanol–water partition coefficient (Wildman–Crippen LogP) is 3.24. The van der Waals surface area contributed by atoms with Crippen LogP contribution in [0.25, 0.3) is 11.1 Å². The van der Waals surface area contributed by atoms with Crippen LogP contribution in [0.5, 0.6) is 11.5 Å². The summed E-state index contributed by atoms with van der Waals surface area (Å²) < 4.78 is 5.63. The van der Waals surface area contributed by atoms with Crippen molar-refractivity contribution in [2.45, 2.75) is 31.6 Å². The zero-order chi connectivity index (χ0) is 24.9. The SMILES string of the molecule is OCc1cc(OCC(O)CNC2CCN(C3=NCNc4scc(-c5ccccc5)c43)CC2)ccc1O. The van der Waals surface area contributed by atoms with Crippen molar-refractivity contribution < 1.29 is 20.1 Å². The van der Waals surface area contributed by atoms with E-state index in [0.717, 1.165) is 31.8 Å². The van der Waals surface area contributed by atoms with Crippen LogP contribution in [0.3, 0.4) is 0 Å². The number of thiophene rings is 1. The van der Waals surface area contributed by atoms with Gasteiger partial charge in [-0.05, 0) is 36.6 Å². The number of phenols is 1. The molecule has 36 heavy (non-hydrogen) atoms. The van der Waals surface area contributed by atoms with Gasteiger partial charge in [0.1, 0.15) is 41.7 Å². The third-order valence-corrected chi connectivity index (χ3v) is 7.61. The second-order valence-corrected chi connectivity index (χ2v) is 10.00. The molecule has 0 saturated carbocycles. The van der Waals surface area contributed by atoms with Gasteiger partial charge in [-0.25, -0.2) is 4.99 Å². The average molecular weight is 509 g/mol. The number of hydrogen-bond acceptors (Lipinski definition) is 9. The smallest absolute Gasteiger partial charge is 0.136 e. The van der Waals surface area contributed by atoms with E-state index in [4.69, 9.17) is 9.73 Å². The number of aromatic hydroxyl groups is 1. The summed E-state index contributed by atoms with van der Waals surface area (Å²) in [6, 6.07) is 15.5. The van der Waals surface area contributed by atoms with Gasteiger partial charge in [0.05, 0.1) is 12.2 Å². The summed E-state index contributed by atoms with van der Waals surface area (Å²) >= 11 is 1.74. The summed E-state index contributed by atoms with van der Waals surface area (Å²) in [5, 5.41) is 39.6. The Morgan fingerprint density at radius 3 is 2.75 bits per heavy atom. The summed E-state index contributed by atoms with van der Waals surface area (Å²) in [4.78, 5) is 7.24. The molecule has 0 spiro atoms. The largest absolute Gasteiger partial charge is 0.508 e. The number of anilines is 1. The van der Waals surface area contributed by atoms with E-state index >= 15 is 0 Å². The lowest BCUT2D eigenvalue weighted by Gasteiger charge is -2.36. The molecule has 5 rings (SSSR count). The molecule has 1 atom stereocenters. The fourth-order valence-corrected chi connectivity index (χ4v) is 5.65. The van der Waals surface area contributed by atoms with E-state index in [9.17, 15) is 15.3 Å².